The molecule has 1 nitrogen and oxygen atoms in total. The number of nitrogens with two attached hydrogens (primary N) is 1. The quantitative estimate of drug-likeness (QED) is 0.766. The largest absolute Gasteiger partial charge is 0.326 e. The van der Waals surface area contributed by atoms with Crippen LogP contribution in [-0.4, -0.2) is 0 Å². The summed E-state index contributed by atoms with van der Waals surface area (Å²) >= 11 is 0. The van der Waals surface area contributed by atoms with E-state index in [2.05, 4.69) is 59.7 Å². The normalized spacial score (nSPS) is 12.9. The van der Waals surface area contributed by atoms with E-state index in [1.54, 1.807) is 0 Å². The maximum Gasteiger partial charge on any atom is 0.0184 e. The van der Waals surface area contributed by atoms with E-state index in [1.807, 2.05) is 0 Å². The van der Waals surface area contributed by atoms with Crippen LogP contribution < -0.4 is 5.73 Å². The maximum atomic E-state index is 5.93. The highest BCUT2D eigenvalue weighted by atomic mass is 14.5. The second-order valence-electron chi connectivity index (χ2n) is 6.47. The van der Waals surface area contributed by atoms with Crippen molar-refractivity contribution in [3.8, 4) is 0 Å². The van der Waals surface area contributed by atoms with Gasteiger partial charge < -0.3 is 5.73 Å². The van der Waals surface area contributed by atoms with Crippen LogP contribution in [-0.2, 0) is 17.4 Å². The highest BCUT2D eigenvalue weighted by Gasteiger charge is 2.24. The summed E-state index contributed by atoms with van der Waals surface area (Å²) in [5.74, 6) is 0. The van der Waals surface area contributed by atoms with Crippen molar-refractivity contribution < 1.29 is 0 Å². The van der Waals surface area contributed by atoms with Crippen molar-refractivity contribution in [1.29, 1.82) is 0 Å². The SMILES string of the molecule is CC(C)(C)c1c[c]cc(C(C)(C)C)c1CN. The average molecular weight is 218 g/mol. The Labute approximate surface area is 100 Å². The van der Waals surface area contributed by atoms with Crippen molar-refractivity contribution >= 4 is 0 Å². The molecule has 0 aliphatic heterocycles. The summed E-state index contributed by atoms with van der Waals surface area (Å²) in [7, 11) is 0. The van der Waals surface area contributed by atoms with Crippen molar-refractivity contribution in [3.63, 3.8) is 0 Å². The highest BCUT2D eigenvalue weighted by Crippen LogP contribution is 2.33. The Morgan fingerprint density at radius 1 is 0.938 bits per heavy atom. The van der Waals surface area contributed by atoms with E-state index in [-0.39, 0.29) is 10.8 Å². The molecule has 0 atom stereocenters. The van der Waals surface area contributed by atoms with Gasteiger partial charge in [0.25, 0.3) is 0 Å². The molecule has 1 rings (SSSR count). The zero-order valence-corrected chi connectivity index (χ0v) is 11.4. The first-order chi connectivity index (χ1) is 7.18. The van der Waals surface area contributed by atoms with Crippen LogP contribution in [0.3, 0.4) is 0 Å². The summed E-state index contributed by atoms with van der Waals surface area (Å²) in [5.41, 5.74) is 10.1. The van der Waals surface area contributed by atoms with E-state index in [0.717, 1.165) is 0 Å². The topological polar surface area (TPSA) is 26.0 Å². The lowest BCUT2D eigenvalue weighted by Crippen LogP contribution is -2.22. The molecule has 0 bridgehead atoms. The third-order valence-corrected chi connectivity index (χ3v) is 2.93. The summed E-state index contributed by atoms with van der Waals surface area (Å²) in [6.07, 6.45) is 0. The first-order valence-corrected chi connectivity index (χ1v) is 5.92. The number of hydrogen-bond acceptors (Lipinski definition) is 1. The van der Waals surface area contributed by atoms with Crippen molar-refractivity contribution in [2.45, 2.75) is 58.9 Å². The predicted octanol–water partition coefficient (Wildman–Crippen LogP) is 3.54. The van der Waals surface area contributed by atoms with Gasteiger partial charge in [0.1, 0.15) is 0 Å². The smallest absolute Gasteiger partial charge is 0.0184 e. The molecule has 16 heavy (non-hydrogen) atoms. The van der Waals surface area contributed by atoms with Gasteiger partial charge in [-0.3, -0.25) is 0 Å². The molecule has 0 spiro atoms. The molecule has 1 aromatic carbocycles. The molecule has 89 valence electrons. The molecule has 1 radical (unpaired) electrons. The van der Waals surface area contributed by atoms with Crippen LogP contribution in [0, 0.1) is 6.07 Å². The minimum absolute atomic E-state index is 0.131. The van der Waals surface area contributed by atoms with Crippen molar-refractivity contribution in [1.82, 2.24) is 0 Å². The van der Waals surface area contributed by atoms with E-state index in [1.165, 1.54) is 16.7 Å². The lowest BCUT2D eigenvalue weighted by Gasteiger charge is -2.29. The Kier molecular flexibility index (Phi) is 3.49. The first-order valence-electron chi connectivity index (χ1n) is 5.92. The summed E-state index contributed by atoms with van der Waals surface area (Å²) in [4.78, 5) is 0. The second kappa shape index (κ2) is 4.21. The molecule has 0 unspecified atom stereocenters. The minimum Gasteiger partial charge on any atom is -0.326 e. The summed E-state index contributed by atoms with van der Waals surface area (Å²) < 4.78 is 0. The Morgan fingerprint density at radius 3 is 1.56 bits per heavy atom. The van der Waals surface area contributed by atoms with Gasteiger partial charge in [0.2, 0.25) is 0 Å². The van der Waals surface area contributed by atoms with Crippen LogP contribution in [0.5, 0.6) is 0 Å². The Hall–Kier alpha value is -0.820. The fraction of sp³-hybridized carbons (Fsp3) is 0.600. The minimum atomic E-state index is 0.131. The molecule has 1 aromatic rings. The monoisotopic (exact) mass is 218 g/mol. The van der Waals surface area contributed by atoms with Crippen LogP contribution in [0.4, 0.5) is 0 Å². The van der Waals surface area contributed by atoms with Gasteiger partial charge in [-0.25, -0.2) is 0 Å². The molecule has 0 heterocycles. The van der Waals surface area contributed by atoms with E-state index < -0.39 is 0 Å². The van der Waals surface area contributed by atoms with Crippen LogP contribution in [0.25, 0.3) is 0 Å². The summed E-state index contributed by atoms with van der Waals surface area (Å²) in [6, 6.07) is 7.42. The number of rotatable bonds is 1. The Bertz CT molecular complexity index is 332. The lowest BCUT2D eigenvalue weighted by molar-refractivity contribution is 0.555. The van der Waals surface area contributed by atoms with Gasteiger partial charge in [0.15, 0.2) is 0 Å². The number of benzene rings is 1. The van der Waals surface area contributed by atoms with Crippen molar-refractivity contribution in [3.05, 3.63) is 34.9 Å². The zero-order chi connectivity index (χ0) is 12.6. The van der Waals surface area contributed by atoms with Crippen molar-refractivity contribution in [2.24, 2.45) is 5.73 Å². The van der Waals surface area contributed by atoms with E-state index in [0.29, 0.717) is 6.54 Å². The summed E-state index contributed by atoms with van der Waals surface area (Å²) in [6.45, 7) is 13.9. The van der Waals surface area contributed by atoms with E-state index >= 15 is 0 Å². The van der Waals surface area contributed by atoms with E-state index in [4.69, 9.17) is 5.73 Å². The predicted molar refractivity (Wildman–Crippen MR) is 70.6 cm³/mol. The van der Waals surface area contributed by atoms with Gasteiger partial charge in [-0.2, -0.15) is 0 Å². The lowest BCUT2D eigenvalue weighted by atomic mass is 9.76. The van der Waals surface area contributed by atoms with Crippen molar-refractivity contribution in [2.75, 3.05) is 0 Å². The van der Waals surface area contributed by atoms with E-state index in [9.17, 15) is 0 Å². The molecule has 0 saturated carbocycles. The molecular formula is C15H24N. The number of hydrogen-bond donors (Lipinski definition) is 1. The van der Waals surface area contributed by atoms with Gasteiger partial charge in [-0.05, 0) is 33.6 Å². The van der Waals surface area contributed by atoms with Gasteiger partial charge in [0.05, 0.1) is 0 Å². The Morgan fingerprint density at radius 2 is 1.31 bits per heavy atom. The molecule has 0 saturated heterocycles. The fourth-order valence-electron chi connectivity index (χ4n) is 2.09. The average Bonchev–Trinajstić information content (AvgIpc) is 2.13. The maximum absolute atomic E-state index is 5.93. The standard InChI is InChI=1S/C15H24N/c1-14(2,3)12-8-7-9-13(11(12)10-16)15(4,5)6/h8-9H,10,16H2,1-6H3. The molecule has 0 aromatic heterocycles. The molecule has 1 heteroatoms. The Balaban J connectivity index is 3.45. The van der Waals surface area contributed by atoms with Crippen LogP contribution in [0.1, 0.15) is 58.2 Å². The van der Waals surface area contributed by atoms with Crippen LogP contribution >= 0.6 is 0 Å². The molecular weight excluding hydrogens is 194 g/mol. The van der Waals surface area contributed by atoms with Crippen LogP contribution in [0.2, 0.25) is 0 Å². The van der Waals surface area contributed by atoms with Gasteiger partial charge in [-0.1, -0.05) is 53.7 Å². The van der Waals surface area contributed by atoms with Crippen LogP contribution in [0.15, 0.2) is 12.1 Å². The highest BCUT2D eigenvalue weighted by molar-refractivity contribution is 5.42. The van der Waals surface area contributed by atoms with Gasteiger partial charge >= 0.3 is 0 Å². The fourth-order valence-corrected chi connectivity index (χ4v) is 2.09. The second-order valence-corrected chi connectivity index (χ2v) is 6.47. The van der Waals surface area contributed by atoms with Gasteiger partial charge in [0, 0.05) is 6.54 Å². The molecule has 0 fully saturated rings. The third kappa shape index (κ3) is 2.65. The summed E-state index contributed by atoms with van der Waals surface area (Å²) in [5, 5.41) is 0. The first kappa shape index (κ1) is 13.2. The zero-order valence-electron chi connectivity index (χ0n) is 11.4. The third-order valence-electron chi connectivity index (χ3n) is 2.93. The molecule has 2 N–H and O–H groups in total. The molecule has 0 aliphatic carbocycles. The van der Waals surface area contributed by atoms with Gasteiger partial charge in [-0.15, -0.1) is 0 Å². The molecule has 0 aliphatic rings. The molecule has 0 amide bonds.